The summed E-state index contributed by atoms with van der Waals surface area (Å²) >= 11 is 14.2. The Morgan fingerprint density at radius 1 is 0.977 bits per heavy atom. The second kappa shape index (κ2) is 11.7. The molecule has 2 aliphatic rings. The number of imide groups is 1. The van der Waals surface area contributed by atoms with E-state index in [1.807, 2.05) is 19.1 Å². The smallest absolute Gasteiger partial charge is 0.305 e. The molecule has 1 fully saturated rings. The first-order valence-corrected chi connectivity index (χ1v) is 15.5. The molecule has 6 rings (SSSR count). The monoisotopic (exact) mass is 655 g/mol. The third-order valence-corrected chi connectivity index (χ3v) is 10.4. The molecule has 4 aromatic rings. The molecule has 3 heterocycles. The van der Waals surface area contributed by atoms with Crippen LogP contribution in [0.15, 0.2) is 70.5 Å². The van der Waals surface area contributed by atoms with E-state index in [0.29, 0.717) is 48.4 Å². The van der Waals surface area contributed by atoms with Crippen LogP contribution < -0.4 is 24.6 Å². The second-order valence-corrected chi connectivity index (χ2v) is 13.0. The number of ether oxygens (including phenoxy) is 2. The highest BCUT2D eigenvalue weighted by atomic mass is 35.5. The number of carbonyl (C=O) groups is 3. The largest absolute Gasteiger partial charge is 0.493 e. The third-order valence-electron chi connectivity index (χ3n) is 7.23. The third kappa shape index (κ3) is 5.53. The topological polar surface area (TPSA) is 118 Å². The Hall–Kier alpha value is -3.77. The number of benzene rings is 3. The first kappa shape index (κ1) is 29.3. The van der Waals surface area contributed by atoms with E-state index in [4.69, 9.17) is 32.7 Å². The number of aromatic nitrogens is 1. The molecule has 0 radical (unpaired) electrons. The van der Waals surface area contributed by atoms with Crippen LogP contribution in [0.25, 0.3) is 0 Å². The number of fused-ring (bicyclic) bond motifs is 2. The molecule has 220 valence electrons. The van der Waals surface area contributed by atoms with Crippen LogP contribution in [0.4, 0.5) is 11.4 Å². The summed E-state index contributed by atoms with van der Waals surface area (Å²) in [5.41, 5.74) is 2.65. The van der Waals surface area contributed by atoms with Gasteiger partial charge in [0.05, 0.1) is 33.8 Å². The summed E-state index contributed by atoms with van der Waals surface area (Å²) in [7, 11) is 1.46. The molecule has 3 amide bonds. The van der Waals surface area contributed by atoms with Crippen molar-refractivity contribution in [1.29, 1.82) is 0 Å². The molecule has 0 bridgehead atoms. The summed E-state index contributed by atoms with van der Waals surface area (Å²) in [6.45, 7) is 1.61. The van der Waals surface area contributed by atoms with Gasteiger partial charge in [-0.2, -0.15) is 0 Å². The molecule has 3 unspecified atom stereocenters. The summed E-state index contributed by atoms with van der Waals surface area (Å²) in [6, 6.07) is 17.1. The van der Waals surface area contributed by atoms with Crippen molar-refractivity contribution in [3.63, 3.8) is 0 Å². The molecule has 0 spiro atoms. The molecule has 3 atom stereocenters. The number of amides is 3. The van der Waals surface area contributed by atoms with E-state index in [2.05, 4.69) is 10.3 Å². The van der Waals surface area contributed by atoms with Crippen LogP contribution in [0, 0.1) is 12.8 Å². The number of thioether (sulfide) groups is 1. The number of H-pyrrole nitrogens is 1. The van der Waals surface area contributed by atoms with Gasteiger partial charge in [0, 0.05) is 16.5 Å². The van der Waals surface area contributed by atoms with E-state index in [0.717, 1.165) is 16.9 Å². The second-order valence-electron chi connectivity index (χ2n) is 9.97. The van der Waals surface area contributed by atoms with Crippen LogP contribution in [-0.2, 0) is 14.4 Å². The summed E-state index contributed by atoms with van der Waals surface area (Å²) in [6.07, 6.45) is 0. The Labute approximate surface area is 264 Å². The highest BCUT2D eigenvalue weighted by Gasteiger charge is 2.56. The summed E-state index contributed by atoms with van der Waals surface area (Å²) in [5, 5.41) is 3.23. The maximum atomic E-state index is 13.9. The van der Waals surface area contributed by atoms with Gasteiger partial charge in [-0.25, -0.2) is 4.90 Å². The SMILES string of the molecule is COc1cc(C2c3sc(=O)[nH]c3SC3C(=O)N(c4ccc(C)cc4)C(=O)C32)ccc1OCC(=O)Nc1ccc(Cl)c(Cl)c1. The molecule has 1 aromatic heterocycles. The summed E-state index contributed by atoms with van der Waals surface area (Å²) in [5.74, 6) is -1.79. The van der Waals surface area contributed by atoms with E-state index in [9.17, 15) is 19.2 Å². The lowest BCUT2D eigenvalue weighted by molar-refractivity contribution is -0.122. The van der Waals surface area contributed by atoms with Crippen molar-refractivity contribution < 1.29 is 23.9 Å². The number of thiazole rings is 1. The first-order valence-electron chi connectivity index (χ1n) is 13.0. The van der Waals surface area contributed by atoms with Crippen molar-refractivity contribution in [3.8, 4) is 11.5 Å². The summed E-state index contributed by atoms with van der Waals surface area (Å²) < 4.78 is 11.3. The van der Waals surface area contributed by atoms with Crippen LogP contribution in [-0.4, -0.2) is 41.7 Å². The van der Waals surface area contributed by atoms with Crippen molar-refractivity contribution in [2.24, 2.45) is 5.92 Å². The number of anilines is 2. The molecule has 2 N–H and O–H groups in total. The fourth-order valence-corrected chi connectivity index (χ4v) is 8.05. The standard InChI is InChI=1S/C30H23Cl2N3O6S2/c1-14-3-7-17(8-4-14)35-28(37)24-23(25-27(34-30(39)43-25)42-26(24)29(35)38)15-5-10-20(21(11-15)40-2)41-13-22(36)33-16-6-9-18(31)19(32)12-16/h3-12,23-24,26H,13H2,1-2H3,(H,33,36)(H,34,39). The number of rotatable bonds is 7. The van der Waals surface area contributed by atoms with Crippen LogP contribution in [0.1, 0.15) is 21.9 Å². The highest BCUT2D eigenvalue weighted by Crippen LogP contribution is 2.53. The Morgan fingerprint density at radius 2 is 1.74 bits per heavy atom. The van der Waals surface area contributed by atoms with Gasteiger partial charge >= 0.3 is 4.87 Å². The number of nitrogens with one attached hydrogen (secondary N) is 2. The molecule has 0 saturated carbocycles. The molecule has 9 nitrogen and oxygen atoms in total. The Morgan fingerprint density at radius 3 is 2.47 bits per heavy atom. The minimum absolute atomic E-state index is 0.266. The molecular weight excluding hydrogens is 633 g/mol. The Balaban J connectivity index is 1.28. The number of hydrogen-bond acceptors (Lipinski definition) is 8. The number of nitrogens with zero attached hydrogens (tertiary/aromatic N) is 1. The molecule has 2 aliphatic heterocycles. The van der Waals surface area contributed by atoms with Crippen LogP contribution in [0.2, 0.25) is 10.0 Å². The van der Waals surface area contributed by atoms with Crippen LogP contribution in [0.3, 0.4) is 0 Å². The first-order chi connectivity index (χ1) is 20.6. The van der Waals surface area contributed by atoms with Crippen LogP contribution >= 0.6 is 46.3 Å². The number of halogens is 2. The van der Waals surface area contributed by atoms with Crippen molar-refractivity contribution in [3.05, 3.63) is 96.4 Å². The average molecular weight is 657 g/mol. The van der Waals surface area contributed by atoms with Gasteiger partial charge in [-0.1, -0.05) is 70.1 Å². The maximum Gasteiger partial charge on any atom is 0.305 e. The zero-order valence-corrected chi connectivity index (χ0v) is 25.8. The van der Waals surface area contributed by atoms with Gasteiger partial charge in [0.1, 0.15) is 5.25 Å². The quantitative estimate of drug-likeness (QED) is 0.239. The van der Waals surface area contributed by atoms with Gasteiger partial charge in [-0.3, -0.25) is 19.2 Å². The van der Waals surface area contributed by atoms with E-state index in [1.54, 1.807) is 42.5 Å². The van der Waals surface area contributed by atoms with Gasteiger partial charge in [-0.05, 0) is 55.0 Å². The average Bonchev–Trinajstić information content (AvgIpc) is 3.48. The maximum absolute atomic E-state index is 13.9. The van der Waals surface area contributed by atoms with Crippen molar-refractivity contribution in [2.45, 2.75) is 23.1 Å². The molecular formula is C30H23Cl2N3O6S2. The molecule has 0 aliphatic carbocycles. The van der Waals surface area contributed by atoms with Gasteiger partial charge in [0.15, 0.2) is 18.1 Å². The highest BCUT2D eigenvalue weighted by molar-refractivity contribution is 8.00. The van der Waals surface area contributed by atoms with Crippen molar-refractivity contribution >= 4 is 75.4 Å². The summed E-state index contributed by atoms with van der Waals surface area (Å²) in [4.78, 5) is 57.0. The van der Waals surface area contributed by atoms with Crippen molar-refractivity contribution in [2.75, 3.05) is 23.9 Å². The lowest BCUT2D eigenvalue weighted by Gasteiger charge is -2.30. The van der Waals surface area contributed by atoms with E-state index < -0.39 is 23.0 Å². The molecule has 43 heavy (non-hydrogen) atoms. The fraction of sp³-hybridized carbons (Fsp3) is 0.200. The van der Waals surface area contributed by atoms with Gasteiger partial charge < -0.3 is 19.8 Å². The Bertz CT molecular complexity index is 1820. The molecule has 13 heteroatoms. The number of aromatic amines is 1. The lowest BCUT2D eigenvalue weighted by atomic mass is 9.83. The van der Waals surface area contributed by atoms with Gasteiger partial charge in [0.25, 0.3) is 5.91 Å². The zero-order valence-electron chi connectivity index (χ0n) is 22.7. The lowest BCUT2D eigenvalue weighted by Crippen LogP contribution is -2.32. The Kier molecular flexibility index (Phi) is 7.99. The van der Waals surface area contributed by atoms with E-state index >= 15 is 0 Å². The number of aryl methyl sites for hydroxylation is 1. The minimum atomic E-state index is -0.744. The predicted octanol–water partition coefficient (Wildman–Crippen LogP) is 5.87. The number of carbonyl (C=O) groups excluding carboxylic acids is 3. The van der Waals surface area contributed by atoms with Gasteiger partial charge in [-0.15, -0.1) is 0 Å². The minimum Gasteiger partial charge on any atom is -0.493 e. The predicted molar refractivity (Wildman–Crippen MR) is 167 cm³/mol. The van der Waals surface area contributed by atoms with Crippen molar-refractivity contribution in [1.82, 2.24) is 4.98 Å². The van der Waals surface area contributed by atoms with E-state index in [-0.39, 0.29) is 23.3 Å². The van der Waals surface area contributed by atoms with E-state index in [1.165, 1.54) is 29.8 Å². The fourth-order valence-electron chi connectivity index (χ4n) is 5.24. The number of methoxy groups -OCH3 is 1. The van der Waals surface area contributed by atoms with Crippen LogP contribution in [0.5, 0.6) is 11.5 Å². The van der Waals surface area contributed by atoms with Gasteiger partial charge in [0.2, 0.25) is 11.8 Å². The molecule has 3 aromatic carbocycles. The normalized spacial score (nSPS) is 19.2. The zero-order chi connectivity index (χ0) is 30.4. The number of hydrogen-bond donors (Lipinski definition) is 2. The molecule has 1 saturated heterocycles.